The Morgan fingerprint density at radius 1 is 0.654 bits per heavy atom. The first kappa shape index (κ1) is 40.1. The molecule has 0 spiro atoms. The molecule has 1 N–H and O–H groups in total. The summed E-state index contributed by atoms with van der Waals surface area (Å²) in [6.45, 7) is 5.36. The van der Waals surface area contributed by atoms with Crippen molar-refractivity contribution in [1.82, 2.24) is 5.32 Å². The first-order valence-corrected chi connectivity index (χ1v) is 16.4. The van der Waals surface area contributed by atoms with Gasteiger partial charge in [0, 0.05) is 41.5 Å². The summed E-state index contributed by atoms with van der Waals surface area (Å²) < 4.78 is 67.5. The van der Waals surface area contributed by atoms with Crippen LogP contribution in [0.4, 0.5) is 4.39 Å². The number of benzene rings is 2. The Kier molecular flexibility index (Phi) is 14.0. The van der Waals surface area contributed by atoms with E-state index in [0.29, 0.717) is 5.56 Å². The predicted molar refractivity (Wildman–Crippen MR) is 173 cm³/mol. The molecule has 2 aromatic rings. The number of halogens is 1. The van der Waals surface area contributed by atoms with Gasteiger partial charge in [-0.2, -0.15) is 0 Å². The quantitative estimate of drug-likeness (QED) is 0.231. The van der Waals surface area contributed by atoms with Gasteiger partial charge < -0.3 is 47.9 Å². The van der Waals surface area contributed by atoms with Crippen LogP contribution >= 0.6 is 0 Å². The molecular weight excluding hydrogens is 693 g/mol. The monoisotopic (exact) mass is 735 g/mol. The molecule has 2 fully saturated rings. The largest absolute Gasteiger partial charge is 0.463 e. The van der Waals surface area contributed by atoms with Crippen LogP contribution in [-0.2, 0) is 78.0 Å². The molecular formula is C35H42FNO15. The Balaban J connectivity index is 1.75. The van der Waals surface area contributed by atoms with Crippen molar-refractivity contribution in [3.05, 3.63) is 48.0 Å². The second-order valence-corrected chi connectivity index (χ2v) is 12.2. The number of fused-ring (bicyclic) bond motifs is 1. The zero-order valence-electron chi connectivity index (χ0n) is 29.4. The average molecular weight is 736 g/mol. The summed E-state index contributed by atoms with van der Waals surface area (Å²) in [4.78, 5) is 72.8. The molecule has 2 aliphatic rings. The molecule has 0 aliphatic carbocycles. The standard InChI is InChI=1S/C35H42FNO15/c1-17(38)37-29-28(36)30(47-20(4)41)26(15-44-18(2)39)50-34(29)52-32-31(48-21(5)42)27(16-45-19(3)40)51-35(33(32)49-22(6)43)46-14-23-11-12-24-9-7-8-10-25(24)13-23/h7-13,26-35H,14-16H2,1-6H3,(H,37,38)/t26-,27-,28+,29-,30-,31-,32+,33-,34+,35-/m1/s1. The van der Waals surface area contributed by atoms with E-state index >= 15 is 4.39 Å². The molecule has 0 saturated carbocycles. The van der Waals surface area contributed by atoms with Gasteiger partial charge in [0.15, 0.2) is 37.1 Å². The lowest BCUT2D eigenvalue weighted by atomic mass is 9.95. The number of nitrogens with one attached hydrogen (secondary N) is 1. The summed E-state index contributed by atoms with van der Waals surface area (Å²) >= 11 is 0. The van der Waals surface area contributed by atoms with Crippen molar-refractivity contribution in [2.24, 2.45) is 0 Å². The van der Waals surface area contributed by atoms with Crippen LogP contribution in [0.15, 0.2) is 42.5 Å². The van der Waals surface area contributed by atoms with Gasteiger partial charge in [0.05, 0.1) is 6.61 Å². The first-order valence-electron chi connectivity index (χ1n) is 16.4. The number of amides is 1. The van der Waals surface area contributed by atoms with E-state index in [9.17, 15) is 28.8 Å². The molecule has 10 atom stereocenters. The molecule has 2 heterocycles. The van der Waals surface area contributed by atoms with Crippen molar-refractivity contribution in [2.75, 3.05) is 13.2 Å². The van der Waals surface area contributed by atoms with Crippen molar-refractivity contribution >= 4 is 46.5 Å². The lowest BCUT2D eigenvalue weighted by Gasteiger charge is -2.48. The fourth-order valence-corrected chi connectivity index (χ4v) is 5.87. The van der Waals surface area contributed by atoms with E-state index in [-0.39, 0.29) is 6.61 Å². The number of carbonyl (C=O) groups excluding carboxylic acids is 6. The van der Waals surface area contributed by atoms with Crippen molar-refractivity contribution in [3.8, 4) is 0 Å². The maximum atomic E-state index is 16.3. The van der Waals surface area contributed by atoms with Gasteiger partial charge in [-0.25, -0.2) is 4.39 Å². The zero-order valence-corrected chi connectivity index (χ0v) is 29.4. The van der Waals surface area contributed by atoms with Crippen LogP contribution < -0.4 is 5.32 Å². The van der Waals surface area contributed by atoms with Gasteiger partial charge in [0.25, 0.3) is 0 Å². The van der Waals surface area contributed by atoms with Crippen molar-refractivity contribution in [3.63, 3.8) is 0 Å². The smallest absolute Gasteiger partial charge is 0.303 e. The lowest BCUT2D eigenvalue weighted by molar-refractivity contribution is -0.348. The van der Waals surface area contributed by atoms with Crippen molar-refractivity contribution in [2.45, 2.75) is 110 Å². The number of alkyl halides is 1. The molecule has 0 unspecified atom stereocenters. The van der Waals surface area contributed by atoms with Crippen LogP contribution in [0.3, 0.4) is 0 Å². The highest BCUT2D eigenvalue weighted by molar-refractivity contribution is 5.83. The number of hydrogen-bond donors (Lipinski definition) is 1. The molecule has 0 aromatic heterocycles. The van der Waals surface area contributed by atoms with Gasteiger partial charge in [-0.05, 0) is 22.4 Å². The molecule has 52 heavy (non-hydrogen) atoms. The molecule has 17 heteroatoms. The topological polar surface area (TPSA) is 198 Å². The Hall–Kier alpha value is -4.71. The minimum absolute atomic E-state index is 0.0893. The van der Waals surface area contributed by atoms with E-state index in [2.05, 4.69) is 5.32 Å². The van der Waals surface area contributed by atoms with Gasteiger partial charge in [0.1, 0.15) is 37.6 Å². The van der Waals surface area contributed by atoms with E-state index in [1.807, 2.05) is 42.5 Å². The Morgan fingerprint density at radius 3 is 1.77 bits per heavy atom. The normalized spacial score (nSPS) is 28.6. The molecule has 4 rings (SSSR count). The minimum atomic E-state index is -2.21. The predicted octanol–water partition coefficient (Wildman–Crippen LogP) is 1.96. The third kappa shape index (κ3) is 10.9. The van der Waals surface area contributed by atoms with Crippen LogP contribution in [0, 0.1) is 0 Å². The van der Waals surface area contributed by atoms with Crippen molar-refractivity contribution in [1.29, 1.82) is 0 Å². The highest BCUT2D eigenvalue weighted by Crippen LogP contribution is 2.35. The van der Waals surface area contributed by atoms with Gasteiger partial charge in [-0.15, -0.1) is 0 Å². The van der Waals surface area contributed by atoms with Crippen LogP contribution in [0.2, 0.25) is 0 Å². The number of ether oxygens (including phenoxy) is 9. The minimum Gasteiger partial charge on any atom is -0.463 e. The first-order chi connectivity index (χ1) is 24.6. The second kappa shape index (κ2) is 18.2. The van der Waals surface area contributed by atoms with Crippen LogP contribution in [0.25, 0.3) is 10.8 Å². The zero-order chi connectivity index (χ0) is 38.1. The summed E-state index contributed by atoms with van der Waals surface area (Å²) in [6, 6.07) is 11.5. The SMILES string of the molecule is CC(=O)N[C@H]1[C@H](O[C@@H]2[C@@H](OC(C)=O)[C@H](OCc3ccc4ccccc4c3)O[C@H](COC(C)=O)[C@H]2OC(C)=O)O[C@H](COC(C)=O)[C@@H](OC(C)=O)[C@H]1F. The third-order valence-electron chi connectivity index (χ3n) is 7.91. The number of rotatable bonds is 13. The van der Waals surface area contributed by atoms with Crippen molar-refractivity contribution < 1.29 is 75.8 Å². The third-order valence-corrected chi connectivity index (χ3v) is 7.91. The second-order valence-electron chi connectivity index (χ2n) is 12.2. The van der Waals surface area contributed by atoms with E-state index in [4.69, 9.17) is 42.6 Å². The van der Waals surface area contributed by atoms with Gasteiger partial charge in [-0.1, -0.05) is 36.4 Å². The van der Waals surface area contributed by atoms with E-state index in [0.717, 1.165) is 52.3 Å². The number of hydrogen-bond acceptors (Lipinski definition) is 15. The maximum absolute atomic E-state index is 16.3. The van der Waals surface area contributed by atoms with Gasteiger partial charge in [0.2, 0.25) is 5.91 Å². The summed E-state index contributed by atoms with van der Waals surface area (Å²) in [5, 5.41) is 4.28. The summed E-state index contributed by atoms with van der Waals surface area (Å²) in [7, 11) is 0. The fraction of sp³-hybridized carbons (Fsp3) is 0.543. The van der Waals surface area contributed by atoms with E-state index < -0.39 is 110 Å². The molecule has 16 nitrogen and oxygen atoms in total. The fourth-order valence-electron chi connectivity index (χ4n) is 5.87. The van der Waals surface area contributed by atoms with E-state index in [1.165, 1.54) is 0 Å². The van der Waals surface area contributed by atoms with Gasteiger partial charge >= 0.3 is 29.8 Å². The molecule has 284 valence electrons. The number of carbonyl (C=O) groups is 6. The van der Waals surface area contributed by atoms with E-state index in [1.54, 1.807) is 0 Å². The molecule has 2 aromatic carbocycles. The van der Waals surface area contributed by atoms with Crippen LogP contribution in [0.5, 0.6) is 0 Å². The summed E-state index contributed by atoms with van der Waals surface area (Å²) in [5.41, 5.74) is 0.700. The highest BCUT2D eigenvalue weighted by Gasteiger charge is 2.56. The molecule has 1 amide bonds. The highest BCUT2D eigenvalue weighted by atomic mass is 19.1. The molecule has 0 radical (unpaired) electrons. The lowest BCUT2D eigenvalue weighted by Crippen LogP contribution is -2.68. The molecule has 0 bridgehead atoms. The Labute approximate surface area is 298 Å². The Morgan fingerprint density at radius 2 is 1.19 bits per heavy atom. The molecule has 2 saturated heterocycles. The average Bonchev–Trinajstić information content (AvgIpc) is 3.06. The molecule has 2 aliphatic heterocycles. The maximum Gasteiger partial charge on any atom is 0.303 e. The Bertz CT molecular complexity index is 1620. The van der Waals surface area contributed by atoms with Crippen LogP contribution in [-0.4, -0.2) is 110 Å². The van der Waals surface area contributed by atoms with Crippen LogP contribution in [0.1, 0.15) is 47.1 Å². The number of esters is 5. The van der Waals surface area contributed by atoms with Gasteiger partial charge in [-0.3, -0.25) is 28.8 Å². The summed E-state index contributed by atoms with van der Waals surface area (Å²) in [6.07, 6.45) is -14.6. The summed E-state index contributed by atoms with van der Waals surface area (Å²) in [5.74, 6) is -4.76.